The first-order valence-corrected chi connectivity index (χ1v) is 6.81. The van der Waals surface area contributed by atoms with Crippen molar-refractivity contribution in [2.24, 2.45) is 0 Å². The van der Waals surface area contributed by atoms with Gasteiger partial charge >= 0.3 is 11.9 Å². The summed E-state index contributed by atoms with van der Waals surface area (Å²) < 4.78 is 5.26. The molecule has 0 aliphatic heterocycles. The summed E-state index contributed by atoms with van der Waals surface area (Å²) in [6.45, 7) is 5.51. The molecule has 1 heterocycles. The van der Waals surface area contributed by atoms with Crippen molar-refractivity contribution in [3.8, 4) is 0 Å². The SMILES string of the molecule is CC(C)(C)OC(=O)CCc1ccc2[nH]c(C(=O)O)cc2c1. The van der Waals surface area contributed by atoms with Crippen LogP contribution in [0.15, 0.2) is 24.3 Å². The first-order chi connectivity index (χ1) is 9.74. The van der Waals surface area contributed by atoms with E-state index in [0.29, 0.717) is 12.8 Å². The lowest BCUT2D eigenvalue weighted by Gasteiger charge is -2.19. The van der Waals surface area contributed by atoms with Crippen LogP contribution >= 0.6 is 0 Å². The van der Waals surface area contributed by atoms with E-state index in [-0.39, 0.29) is 11.7 Å². The number of nitrogens with one attached hydrogen (secondary N) is 1. The summed E-state index contributed by atoms with van der Waals surface area (Å²) in [5, 5.41) is 9.77. The smallest absolute Gasteiger partial charge is 0.352 e. The van der Waals surface area contributed by atoms with Crippen LogP contribution in [-0.2, 0) is 16.0 Å². The summed E-state index contributed by atoms with van der Waals surface area (Å²) in [6, 6.07) is 7.19. The Labute approximate surface area is 122 Å². The molecule has 0 amide bonds. The summed E-state index contributed by atoms with van der Waals surface area (Å²) in [5.74, 6) is -1.22. The number of aromatic carboxylic acids is 1. The van der Waals surface area contributed by atoms with Gasteiger partial charge in [0.05, 0.1) is 0 Å². The molecular weight excluding hydrogens is 270 g/mol. The van der Waals surface area contributed by atoms with Crippen LogP contribution in [0.4, 0.5) is 0 Å². The Morgan fingerprint density at radius 1 is 1.24 bits per heavy atom. The molecular formula is C16H19NO4. The number of aryl methyl sites for hydroxylation is 1. The third-order valence-electron chi connectivity index (χ3n) is 2.95. The van der Waals surface area contributed by atoms with Gasteiger partial charge in [0.25, 0.3) is 0 Å². The molecule has 0 spiro atoms. The van der Waals surface area contributed by atoms with Crippen LogP contribution in [0, 0.1) is 0 Å². The molecule has 0 aliphatic rings. The van der Waals surface area contributed by atoms with Gasteiger partial charge in [-0.2, -0.15) is 0 Å². The average Bonchev–Trinajstić information content (AvgIpc) is 2.77. The van der Waals surface area contributed by atoms with Crippen LogP contribution in [0.3, 0.4) is 0 Å². The summed E-state index contributed by atoms with van der Waals surface area (Å²) in [6.07, 6.45) is 0.872. The number of carbonyl (C=O) groups is 2. The minimum Gasteiger partial charge on any atom is -0.477 e. The Morgan fingerprint density at radius 2 is 1.95 bits per heavy atom. The maximum absolute atomic E-state index is 11.7. The van der Waals surface area contributed by atoms with E-state index < -0.39 is 11.6 Å². The van der Waals surface area contributed by atoms with Gasteiger partial charge in [0, 0.05) is 17.3 Å². The third-order valence-corrected chi connectivity index (χ3v) is 2.95. The topological polar surface area (TPSA) is 79.4 Å². The van der Waals surface area contributed by atoms with Crippen LogP contribution in [-0.4, -0.2) is 27.6 Å². The molecule has 0 saturated carbocycles. The maximum Gasteiger partial charge on any atom is 0.352 e. The monoisotopic (exact) mass is 289 g/mol. The van der Waals surface area contributed by atoms with E-state index in [4.69, 9.17) is 9.84 Å². The molecule has 21 heavy (non-hydrogen) atoms. The number of hydrogen-bond donors (Lipinski definition) is 2. The van der Waals surface area contributed by atoms with Gasteiger partial charge in [0.15, 0.2) is 0 Å². The Bertz CT molecular complexity index is 679. The summed E-state index contributed by atoms with van der Waals surface area (Å²) in [5.41, 5.74) is 1.44. The number of fused-ring (bicyclic) bond motifs is 1. The second kappa shape index (κ2) is 5.60. The average molecular weight is 289 g/mol. The molecule has 0 saturated heterocycles. The second-order valence-electron chi connectivity index (χ2n) is 6.00. The molecule has 0 bridgehead atoms. The van der Waals surface area contributed by atoms with Crippen molar-refractivity contribution in [2.45, 2.75) is 39.2 Å². The molecule has 1 aromatic carbocycles. The molecule has 0 atom stereocenters. The first kappa shape index (κ1) is 15.1. The molecule has 112 valence electrons. The number of ether oxygens (including phenoxy) is 1. The molecule has 1 aromatic heterocycles. The predicted molar refractivity (Wildman–Crippen MR) is 79.4 cm³/mol. The zero-order valence-corrected chi connectivity index (χ0v) is 12.4. The number of esters is 1. The number of carboxylic acid groups (broad SMARTS) is 1. The van der Waals surface area contributed by atoms with Crippen molar-refractivity contribution in [1.82, 2.24) is 4.98 Å². The van der Waals surface area contributed by atoms with Gasteiger partial charge in [0.1, 0.15) is 11.3 Å². The standard InChI is InChI=1S/C16H19NO4/c1-16(2,3)21-14(18)7-5-10-4-6-12-11(8-10)9-13(17-12)15(19)20/h4,6,8-9,17H,5,7H2,1-3H3,(H,19,20). The van der Waals surface area contributed by atoms with Crippen molar-refractivity contribution < 1.29 is 19.4 Å². The van der Waals surface area contributed by atoms with Gasteiger partial charge in [0.2, 0.25) is 0 Å². The van der Waals surface area contributed by atoms with Crippen LogP contribution in [0.25, 0.3) is 10.9 Å². The van der Waals surface area contributed by atoms with E-state index in [1.165, 1.54) is 0 Å². The van der Waals surface area contributed by atoms with Crippen molar-refractivity contribution in [3.05, 3.63) is 35.5 Å². The van der Waals surface area contributed by atoms with Crippen LogP contribution in [0.2, 0.25) is 0 Å². The first-order valence-electron chi connectivity index (χ1n) is 6.81. The normalized spacial score (nSPS) is 11.6. The van der Waals surface area contributed by atoms with Crippen molar-refractivity contribution in [2.75, 3.05) is 0 Å². The Morgan fingerprint density at radius 3 is 2.57 bits per heavy atom. The van der Waals surface area contributed by atoms with Gasteiger partial charge in [-0.1, -0.05) is 6.07 Å². The van der Waals surface area contributed by atoms with Crippen molar-refractivity contribution in [3.63, 3.8) is 0 Å². The molecule has 5 heteroatoms. The van der Waals surface area contributed by atoms with Gasteiger partial charge < -0.3 is 14.8 Å². The highest BCUT2D eigenvalue weighted by atomic mass is 16.6. The molecule has 0 unspecified atom stereocenters. The number of hydrogen-bond acceptors (Lipinski definition) is 3. The molecule has 2 N–H and O–H groups in total. The fourth-order valence-corrected chi connectivity index (χ4v) is 2.09. The second-order valence-corrected chi connectivity index (χ2v) is 6.00. The molecule has 0 radical (unpaired) electrons. The van der Waals surface area contributed by atoms with E-state index in [9.17, 15) is 9.59 Å². The highest BCUT2D eigenvalue weighted by Gasteiger charge is 2.16. The highest BCUT2D eigenvalue weighted by Crippen LogP contribution is 2.19. The Kier molecular flexibility index (Phi) is 4.02. The maximum atomic E-state index is 11.7. The minimum atomic E-state index is -0.985. The van der Waals surface area contributed by atoms with Crippen LogP contribution in [0.5, 0.6) is 0 Å². The van der Waals surface area contributed by atoms with E-state index in [1.807, 2.05) is 39.0 Å². The molecule has 5 nitrogen and oxygen atoms in total. The Balaban J connectivity index is 2.06. The van der Waals surface area contributed by atoms with E-state index in [0.717, 1.165) is 16.5 Å². The van der Waals surface area contributed by atoms with Crippen LogP contribution in [0.1, 0.15) is 43.2 Å². The molecule has 0 aliphatic carbocycles. The Hall–Kier alpha value is -2.30. The molecule has 0 fully saturated rings. The van der Waals surface area contributed by atoms with Gasteiger partial charge in [-0.3, -0.25) is 4.79 Å². The molecule has 2 aromatic rings. The van der Waals surface area contributed by atoms with Crippen LogP contribution < -0.4 is 0 Å². The lowest BCUT2D eigenvalue weighted by atomic mass is 10.1. The van der Waals surface area contributed by atoms with Gasteiger partial charge in [-0.15, -0.1) is 0 Å². The quantitative estimate of drug-likeness (QED) is 0.847. The van der Waals surface area contributed by atoms with Crippen molar-refractivity contribution in [1.29, 1.82) is 0 Å². The van der Waals surface area contributed by atoms with E-state index in [2.05, 4.69) is 4.98 Å². The van der Waals surface area contributed by atoms with Gasteiger partial charge in [-0.25, -0.2) is 4.79 Å². The van der Waals surface area contributed by atoms with Gasteiger partial charge in [-0.05, 0) is 51.0 Å². The zero-order valence-electron chi connectivity index (χ0n) is 12.4. The minimum absolute atomic E-state index is 0.161. The number of benzene rings is 1. The summed E-state index contributed by atoms with van der Waals surface area (Å²) in [4.78, 5) is 25.4. The number of rotatable bonds is 4. The lowest BCUT2D eigenvalue weighted by molar-refractivity contribution is -0.154. The zero-order chi connectivity index (χ0) is 15.6. The number of carboxylic acids is 1. The molecule has 2 rings (SSSR count). The lowest BCUT2D eigenvalue weighted by Crippen LogP contribution is -2.23. The fourth-order valence-electron chi connectivity index (χ4n) is 2.09. The fraction of sp³-hybridized carbons (Fsp3) is 0.375. The van der Waals surface area contributed by atoms with Crippen molar-refractivity contribution >= 4 is 22.8 Å². The number of carbonyl (C=O) groups excluding carboxylic acids is 1. The third kappa shape index (κ3) is 4.08. The van der Waals surface area contributed by atoms with E-state index in [1.54, 1.807) is 6.07 Å². The summed E-state index contributed by atoms with van der Waals surface area (Å²) >= 11 is 0. The highest BCUT2D eigenvalue weighted by molar-refractivity contribution is 5.93. The number of aromatic amines is 1. The number of H-pyrrole nitrogens is 1. The number of aromatic nitrogens is 1. The largest absolute Gasteiger partial charge is 0.477 e. The predicted octanol–water partition coefficient (Wildman–Crippen LogP) is 3.14. The van der Waals surface area contributed by atoms with E-state index >= 15 is 0 Å². The summed E-state index contributed by atoms with van der Waals surface area (Å²) in [7, 11) is 0.